The Morgan fingerprint density at radius 1 is 1.08 bits per heavy atom. The maximum atomic E-state index is 4.70. The highest BCUT2D eigenvalue weighted by molar-refractivity contribution is 5.81. The lowest BCUT2D eigenvalue weighted by Gasteiger charge is -2.33. The Labute approximate surface area is 146 Å². The van der Waals surface area contributed by atoms with Gasteiger partial charge in [0.1, 0.15) is 6.17 Å². The Balaban J connectivity index is 2.10. The van der Waals surface area contributed by atoms with Gasteiger partial charge in [0.05, 0.1) is 5.69 Å². The third kappa shape index (κ3) is 2.66. The van der Waals surface area contributed by atoms with E-state index in [9.17, 15) is 0 Å². The molecule has 0 radical (unpaired) electrons. The molecule has 1 aromatic heterocycles. The van der Waals surface area contributed by atoms with Gasteiger partial charge in [0.25, 0.3) is 0 Å². The predicted molar refractivity (Wildman–Crippen MR) is 103 cm³/mol. The van der Waals surface area contributed by atoms with E-state index < -0.39 is 0 Å². The van der Waals surface area contributed by atoms with E-state index >= 15 is 0 Å². The summed E-state index contributed by atoms with van der Waals surface area (Å²) in [5, 5.41) is 0. The van der Waals surface area contributed by atoms with Gasteiger partial charge in [-0.05, 0) is 62.4 Å². The number of fused-ring (bicyclic) bond motifs is 1. The smallest absolute Gasteiger partial charge is 0.158 e. The molecule has 24 heavy (non-hydrogen) atoms. The van der Waals surface area contributed by atoms with Crippen LogP contribution in [0.4, 0.5) is 17.2 Å². The maximum absolute atomic E-state index is 4.70. The largest absolute Gasteiger partial charge is 0.346 e. The molecule has 0 fully saturated rings. The molecule has 0 N–H and O–H groups in total. The number of pyridine rings is 1. The summed E-state index contributed by atoms with van der Waals surface area (Å²) in [6, 6.07) is 11.5. The molecular formula is C21H29N3. The molecule has 2 aromatic rings. The monoisotopic (exact) mass is 323 g/mol. The molecule has 0 spiro atoms. The van der Waals surface area contributed by atoms with Crippen molar-refractivity contribution >= 4 is 17.2 Å². The highest BCUT2D eigenvalue weighted by Gasteiger charge is 2.36. The van der Waals surface area contributed by atoms with Crippen LogP contribution in [0.5, 0.6) is 0 Å². The first-order chi connectivity index (χ1) is 11.2. The second-order valence-corrected chi connectivity index (χ2v) is 8.10. The van der Waals surface area contributed by atoms with E-state index in [0.717, 1.165) is 5.82 Å². The molecule has 0 saturated carbocycles. The minimum absolute atomic E-state index is 0.167. The summed E-state index contributed by atoms with van der Waals surface area (Å²) >= 11 is 0. The number of aromatic nitrogens is 1. The van der Waals surface area contributed by atoms with Crippen LogP contribution in [0.1, 0.15) is 52.7 Å². The molecule has 1 aliphatic heterocycles. The zero-order valence-corrected chi connectivity index (χ0v) is 16.0. The summed E-state index contributed by atoms with van der Waals surface area (Å²) in [4.78, 5) is 9.51. The van der Waals surface area contributed by atoms with Crippen LogP contribution in [0.15, 0.2) is 36.5 Å². The van der Waals surface area contributed by atoms with Gasteiger partial charge in [0, 0.05) is 17.9 Å². The standard InChI is InChI=1S/C21H29N3/c1-14(2)23-16(4)24(20-19(23)9-8-12-22-20)18-11-10-17(13-15(18)3)21(5,6)7/h8-14,16H,1-7H3. The highest BCUT2D eigenvalue weighted by atomic mass is 15.4. The molecule has 3 nitrogen and oxygen atoms in total. The third-order valence-corrected chi connectivity index (χ3v) is 4.93. The average Bonchev–Trinajstić information content (AvgIpc) is 2.78. The fourth-order valence-electron chi connectivity index (χ4n) is 3.70. The lowest BCUT2D eigenvalue weighted by molar-refractivity contribution is 0.588. The van der Waals surface area contributed by atoms with E-state index in [1.807, 2.05) is 12.3 Å². The van der Waals surface area contributed by atoms with Gasteiger partial charge in [-0.3, -0.25) is 0 Å². The Morgan fingerprint density at radius 3 is 2.38 bits per heavy atom. The summed E-state index contributed by atoms with van der Waals surface area (Å²) in [6.07, 6.45) is 2.15. The van der Waals surface area contributed by atoms with Crippen LogP contribution in [-0.2, 0) is 5.41 Å². The number of hydrogen-bond acceptors (Lipinski definition) is 3. The van der Waals surface area contributed by atoms with Gasteiger partial charge in [0.2, 0.25) is 0 Å². The molecule has 0 amide bonds. The van der Waals surface area contributed by atoms with Crippen molar-refractivity contribution in [2.45, 2.75) is 66.1 Å². The number of nitrogens with zero attached hydrogens (tertiary/aromatic N) is 3. The summed E-state index contributed by atoms with van der Waals surface area (Å²) in [7, 11) is 0. The summed E-state index contributed by atoms with van der Waals surface area (Å²) in [6.45, 7) is 15.7. The molecule has 0 bridgehead atoms. The fourth-order valence-corrected chi connectivity index (χ4v) is 3.70. The van der Waals surface area contributed by atoms with Gasteiger partial charge in [-0.25, -0.2) is 4.98 Å². The average molecular weight is 323 g/mol. The van der Waals surface area contributed by atoms with Crippen LogP contribution >= 0.6 is 0 Å². The highest BCUT2D eigenvalue weighted by Crippen LogP contribution is 2.44. The topological polar surface area (TPSA) is 19.4 Å². The van der Waals surface area contributed by atoms with Gasteiger partial charge in [-0.2, -0.15) is 0 Å². The van der Waals surface area contributed by atoms with E-state index in [1.165, 1.54) is 22.5 Å². The maximum Gasteiger partial charge on any atom is 0.158 e. The van der Waals surface area contributed by atoms with Crippen LogP contribution in [-0.4, -0.2) is 17.2 Å². The first kappa shape index (κ1) is 16.8. The first-order valence-corrected chi connectivity index (χ1v) is 8.85. The Morgan fingerprint density at radius 2 is 1.79 bits per heavy atom. The summed E-state index contributed by atoms with van der Waals surface area (Å²) in [5.41, 5.74) is 5.31. The molecule has 1 unspecified atom stereocenters. The summed E-state index contributed by atoms with van der Waals surface area (Å²) in [5.74, 6) is 1.06. The van der Waals surface area contributed by atoms with E-state index in [-0.39, 0.29) is 11.6 Å². The second kappa shape index (κ2) is 5.80. The molecule has 3 rings (SSSR count). The third-order valence-electron chi connectivity index (χ3n) is 4.93. The molecule has 3 heteroatoms. The minimum atomic E-state index is 0.167. The zero-order chi connectivity index (χ0) is 17.6. The second-order valence-electron chi connectivity index (χ2n) is 8.10. The van der Waals surface area contributed by atoms with Gasteiger partial charge in [-0.1, -0.05) is 32.9 Å². The van der Waals surface area contributed by atoms with Gasteiger partial charge < -0.3 is 9.80 Å². The van der Waals surface area contributed by atoms with Gasteiger partial charge >= 0.3 is 0 Å². The van der Waals surface area contributed by atoms with E-state index in [4.69, 9.17) is 4.98 Å². The fraction of sp³-hybridized carbons (Fsp3) is 0.476. The lowest BCUT2D eigenvalue weighted by atomic mass is 9.86. The lowest BCUT2D eigenvalue weighted by Crippen LogP contribution is -2.42. The van der Waals surface area contributed by atoms with E-state index in [2.05, 4.69) is 82.5 Å². The Hall–Kier alpha value is -2.03. The van der Waals surface area contributed by atoms with Crippen molar-refractivity contribution in [1.29, 1.82) is 0 Å². The first-order valence-electron chi connectivity index (χ1n) is 8.85. The SMILES string of the molecule is Cc1cc(C(C)(C)C)ccc1N1c2ncccc2N(C(C)C)C1C. The molecule has 1 aromatic carbocycles. The van der Waals surface area contributed by atoms with Crippen LogP contribution in [0.25, 0.3) is 0 Å². The van der Waals surface area contributed by atoms with Crippen molar-refractivity contribution in [3.63, 3.8) is 0 Å². The van der Waals surface area contributed by atoms with Crippen molar-refractivity contribution in [2.24, 2.45) is 0 Å². The number of anilines is 3. The van der Waals surface area contributed by atoms with Crippen LogP contribution < -0.4 is 9.80 Å². The number of benzene rings is 1. The summed E-state index contributed by atoms with van der Waals surface area (Å²) < 4.78 is 0. The Bertz CT molecular complexity index is 743. The number of aryl methyl sites for hydroxylation is 1. The van der Waals surface area contributed by atoms with E-state index in [0.29, 0.717) is 6.04 Å². The molecule has 1 aliphatic rings. The Kier molecular flexibility index (Phi) is 4.06. The molecule has 0 aliphatic carbocycles. The van der Waals surface area contributed by atoms with Gasteiger partial charge in [-0.15, -0.1) is 0 Å². The van der Waals surface area contributed by atoms with Crippen molar-refractivity contribution in [1.82, 2.24) is 4.98 Å². The predicted octanol–water partition coefficient (Wildman–Crippen LogP) is 5.40. The molecule has 0 saturated heterocycles. The zero-order valence-electron chi connectivity index (χ0n) is 16.0. The van der Waals surface area contributed by atoms with E-state index in [1.54, 1.807) is 0 Å². The van der Waals surface area contributed by atoms with Gasteiger partial charge in [0.15, 0.2) is 5.82 Å². The number of hydrogen-bond donors (Lipinski definition) is 0. The van der Waals surface area contributed by atoms with Crippen molar-refractivity contribution in [3.05, 3.63) is 47.7 Å². The molecule has 2 heterocycles. The van der Waals surface area contributed by atoms with Crippen molar-refractivity contribution in [2.75, 3.05) is 9.80 Å². The van der Waals surface area contributed by atoms with Crippen LogP contribution in [0.2, 0.25) is 0 Å². The molecule has 1 atom stereocenters. The van der Waals surface area contributed by atoms with Crippen LogP contribution in [0.3, 0.4) is 0 Å². The normalized spacial score (nSPS) is 17.6. The van der Waals surface area contributed by atoms with Crippen molar-refractivity contribution in [3.8, 4) is 0 Å². The number of rotatable bonds is 2. The molecule has 128 valence electrons. The molecular weight excluding hydrogens is 294 g/mol. The van der Waals surface area contributed by atoms with Crippen molar-refractivity contribution < 1.29 is 0 Å². The van der Waals surface area contributed by atoms with Crippen LogP contribution in [0, 0.1) is 6.92 Å². The quantitative estimate of drug-likeness (QED) is 0.737. The minimum Gasteiger partial charge on any atom is -0.346 e.